The number of hydrogen-bond donors (Lipinski definition) is 0. The van der Waals surface area contributed by atoms with Crippen LogP contribution in [0.3, 0.4) is 0 Å². The average Bonchev–Trinajstić information content (AvgIpc) is 2.84. The second-order valence-electron chi connectivity index (χ2n) is 4.58. The number of carbonyl (C=O) groups excluding carboxylic acids is 1. The van der Waals surface area contributed by atoms with Crippen LogP contribution in [-0.2, 0) is 4.79 Å². The van der Waals surface area contributed by atoms with Crippen molar-refractivity contribution < 1.29 is 13.6 Å². The maximum atomic E-state index is 13.4. The van der Waals surface area contributed by atoms with E-state index in [2.05, 4.69) is 0 Å². The van der Waals surface area contributed by atoms with Gasteiger partial charge < -0.3 is 0 Å². The number of thioether (sulfide) groups is 1. The van der Waals surface area contributed by atoms with Gasteiger partial charge in [0.2, 0.25) is 5.91 Å². The number of hydrogen-bond acceptors (Lipinski definition) is 2. The minimum absolute atomic E-state index is 0.0861. The van der Waals surface area contributed by atoms with Crippen molar-refractivity contribution in [2.24, 2.45) is 0 Å². The summed E-state index contributed by atoms with van der Waals surface area (Å²) in [6, 6.07) is 10.6. The van der Waals surface area contributed by atoms with Crippen LogP contribution in [0.4, 0.5) is 14.5 Å². The van der Waals surface area contributed by atoms with Crippen LogP contribution in [-0.4, -0.2) is 11.7 Å². The van der Waals surface area contributed by atoms with E-state index in [0.717, 1.165) is 12.1 Å². The van der Waals surface area contributed by atoms with E-state index in [1.165, 1.54) is 17.8 Å². The first-order valence-electron chi connectivity index (χ1n) is 6.20. The Morgan fingerprint density at radius 2 is 1.95 bits per heavy atom. The molecule has 1 heterocycles. The second kappa shape index (κ2) is 5.66. The molecule has 108 valence electrons. The Kier molecular flexibility index (Phi) is 3.87. The highest BCUT2D eigenvalue weighted by Gasteiger charge is 2.34. The summed E-state index contributed by atoms with van der Waals surface area (Å²) in [6.07, 6.45) is 0. The fraction of sp³-hybridized carbons (Fsp3) is 0.133. The van der Waals surface area contributed by atoms with Gasteiger partial charge in [-0.05, 0) is 35.9 Å². The zero-order valence-corrected chi connectivity index (χ0v) is 12.3. The first-order valence-corrected chi connectivity index (χ1v) is 7.63. The minimum Gasteiger partial charge on any atom is -0.295 e. The summed E-state index contributed by atoms with van der Waals surface area (Å²) in [5.74, 6) is -1.62. The molecule has 0 saturated carbocycles. The first kappa shape index (κ1) is 14.4. The fourth-order valence-electron chi connectivity index (χ4n) is 2.24. The second-order valence-corrected chi connectivity index (χ2v) is 6.09. The third-order valence-electron chi connectivity index (χ3n) is 3.18. The van der Waals surface area contributed by atoms with E-state index < -0.39 is 11.6 Å². The molecule has 2 aromatic carbocycles. The Labute approximate surface area is 129 Å². The van der Waals surface area contributed by atoms with Gasteiger partial charge in [0, 0.05) is 10.7 Å². The molecule has 2 nitrogen and oxygen atoms in total. The van der Waals surface area contributed by atoms with Crippen molar-refractivity contribution in [3.8, 4) is 0 Å². The van der Waals surface area contributed by atoms with Crippen LogP contribution in [0.2, 0.25) is 5.02 Å². The highest BCUT2D eigenvalue weighted by Crippen LogP contribution is 2.42. The van der Waals surface area contributed by atoms with Gasteiger partial charge in [-0.25, -0.2) is 8.78 Å². The normalized spacial score (nSPS) is 18.3. The predicted molar refractivity (Wildman–Crippen MR) is 80.5 cm³/mol. The summed E-state index contributed by atoms with van der Waals surface area (Å²) in [7, 11) is 0. The molecule has 1 aliphatic rings. The molecule has 0 N–H and O–H groups in total. The Hall–Kier alpha value is -1.59. The standard InChI is InChI=1S/C15H10ClF2NOS/c16-10-2-1-3-11(7-10)19-14(20)8-21-15(19)9-4-5-12(17)13(18)6-9/h1-7,15H,8H2/t15-/m0/s1. The molecule has 0 bridgehead atoms. The largest absolute Gasteiger partial charge is 0.295 e. The highest BCUT2D eigenvalue weighted by atomic mass is 35.5. The Bertz CT molecular complexity index is 710. The van der Waals surface area contributed by atoms with Crippen molar-refractivity contribution in [3.63, 3.8) is 0 Å². The predicted octanol–water partition coefficient (Wildman–Crippen LogP) is 4.40. The molecule has 21 heavy (non-hydrogen) atoms. The molecule has 2 aromatic rings. The lowest BCUT2D eigenvalue weighted by Crippen LogP contribution is -2.27. The zero-order chi connectivity index (χ0) is 15.0. The van der Waals surface area contributed by atoms with Crippen LogP contribution in [0.5, 0.6) is 0 Å². The van der Waals surface area contributed by atoms with Crippen molar-refractivity contribution in [1.82, 2.24) is 0 Å². The topological polar surface area (TPSA) is 20.3 Å². The van der Waals surface area contributed by atoms with E-state index in [1.807, 2.05) is 0 Å². The summed E-state index contributed by atoms with van der Waals surface area (Å²) < 4.78 is 26.5. The molecule has 1 fully saturated rings. The Morgan fingerprint density at radius 3 is 2.67 bits per heavy atom. The van der Waals surface area contributed by atoms with E-state index in [4.69, 9.17) is 11.6 Å². The molecule has 1 aliphatic heterocycles. The zero-order valence-electron chi connectivity index (χ0n) is 10.7. The van der Waals surface area contributed by atoms with Gasteiger partial charge in [0.1, 0.15) is 5.37 Å². The smallest absolute Gasteiger partial charge is 0.238 e. The van der Waals surface area contributed by atoms with Gasteiger partial charge in [-0.15, -0.1) is 11.8 Å². The Morgan fingerprint density at radius 1 is 1.14 bits per heavy atom. The van der Waals surface area contributed by atoms with Gasteiger partial charge in [0.05, 0.1) is 5.75 Å². The van der Waals surface area contributed by atoms with Crippen molar-refractivity contribution in [2.45, 2.75) is 5.37 Å². The molecular formula is C15H10ClF2NOS. The third-order valence-corrected chi connectivity index (χ3v) is 4.63. The molecule has 0 radical (unpaired) electrons. The number of halogens is 3. The van der Waals surface area contributed by atoms with Gasteiger partial charge in [-0.2, -0.15) is 0 Å². The molecular weight excluding hydrogens is 316 g/mol. The lowest BCUT2D eigenvalue weighted by Gasteiger charge is -2.24. The van der Waals surface area contributed by atoms with Gasteiger partial charge in [0.15, 0.2) is 11.6 Å². The SMILES string of the molecule is O=C1CS[C@@H](c2ccc(F)c(F)c2)N1c1cccc(Cl)c1. The third kappa shape index (κ3) is 2.76. The molecule has 1 saturated heterocycles. The van der Waals surface area contributed by atoms with Gasteiger partial charge in [0.25, 0.3) is 0 Å². The van der Waals surface area contributed by atoms with Crippen LogP contribution in [0.15, 0.2) is 42.5 Å². The molecule has 0 aromatic heterocycles. The lowest BCUT2D eigenvalue weighted by molar-refractivity contribution is -0.115. The van der Waals surface area contributed by atoms with Gasteiger partial charge in [-0.1, -0.05) is 23.7 Å². The minimum atomic E-state index is -0.918. The number of amides is 1. The van der Waals surface area contributed by atoms with Crippen LogP contribution < -0.4 is 4.90 Å². The maximum absolute atomic E-state index is 13.4. The lowest BCUT2D eigenvalue weighted by atomic mass is 10.1. The van der Waals surface area contributed by atoms with Crippen molar-refractivity contribution >= 4 is 35.0 Å². The number of rotatable bonds is 2. The van der Waals surface area contributed by atoms with E-state index in [0.29, 0.717) is 16.3 Å². The van der Waals surface area contributed by atoms with Gasteiger partial charge >= 0.3 is 0 Å². The number of nitrogens with zero attached hydrogens (tertiary/aromatic N) is 1. The monoisotopic (exact) mass is 325 g/mol. The summed E-state index contributed by atoms with van der Waals surface area (Å²) in [5, 5.41) is 0.132. The van der Waals surface area contributed by atoms with Crippen molar-refractivity contribution in [1.29, 1.82) is 0 Å². The summed E-state index contributed by atoms with van der Waals surface area (Å²) in [5.41, 5.74) is 1.19. The van der Waals surface area contributed by atoms with Gasteiger partial charge in [-0.3, -0.25) is 9.69 Å². The first-order chi connectivity index (χ1) is 10.1. The fourth-order valence-corrected chi connectivity index (χ4v) is 3.59. The molecule has 3 rings (SSSR count). The quantitative estimate of drug-likeness (QED) is 0.816. The summed E-state index contributed by atoms with van der Waals surface area (Å²) >= 11 is 7.33. The Balaban J connectivity index is 2.01. The van der Waals surface area contributed by atoms with E-state index in [9.17, 15) is 13.6 Å². The maximum Gasteiger partial charge on any atom is 0.238 e. The average molecular weight is 326 g/mol. The van der Waals surface area contributed by atoms with Crippen molar-refractivity contribution in [3.05, 3.63) is 64.7 Å². The molecule has 1 amide bonds. The summed E-state index contributed by atoms with van der Waals surface area (Å²) in [4.78, 5) is 13.7. The number of benzene rings is 2. The van der Waals surface area contributed by atoms with Crippen LogP contribution in [0.25, 0.3) is 0 Å². The molecule has 6 heteroatoms. The van der Waals surface area contributed by atoms with Crippen LogP contribution >= 0.6 is 23.4 Å². The number of anilines is 1. The van der Waals surface area contributed by atoms with E-state index in [1.54, 1.807) is 29.2 Å². The van der Waals surface area contributed by atoms with Crippen LogP contribution in [0.1, 0.15) is 10.9 Å². The molecule has 1 atom stereocenters. The van der Waals surface area contributed by atoms with E-state index >= 15 is 0 Å². The molecule has 0 spiro atoms. The number of carbonyl (C=O) groups is 1. The van der Waals surface area contributed by atoms with E-state index in [-0.39, 0.29) is 17.0 Å². The summed E-state index contributed by atoms with van der Waals surface area (Å²) in [6.45, 7) is 0. The highest BCUT2D eigenvalue weighted by molar-refractivity contribution is 8.00. The van der Waals surface area contributed by atoms with Crippen LogP contribution in [0, 0.1) is 11.6 Å². The van der Waals surface area contributed by atoms with Crippen molar-refractivity contribution in [2.75, 3.05) is 10.7 Å². The molecule has 0 aliphatic carbocycles. The molecule has 0 unspecified atom stereocenters.